The fraction of sp³-hybridized carbons (Fsp3) is 0.308. The van der Waals surface area contributed by atoms with E-state index in [0.29, 0.717) is 0 Å². The number of aliphatic hydroxyl groups is 1. The third-order valence-corrected chi connectivity index (χ3v) is 3.62. The van der Waals surface area contributed by atoms with Crippen LogP contribution in [0.3, 0.4) is 0 Å². The molecule has 18 heavy (non-hydrogen) atoms. The normalized spacial score (nSPS) is 12.2. The quantitative estimate of drug-likeness (QED) is 0.871. The van der Waals surface area contributed by atoms with Crippen molar-refractivity contribution in [2.45, 2.75) is 13.0 Å². The minimum absolute atomic E-state index is 0.0129. The number of aliphatic hydroxyl groups excluding tert-OH is 1. The average molecular weight is 264 g/mol. The van der Waals surface area contributed by atoms with Crippen molar-refractivity contribution in [2.75, 3.05) is 19.0 Å². The van der Waals surface area contributed by atoms with Crippen LogP contribution in [0.4, 0.5) is 5.69 Å². The SMILES string of the molecule is COc1ccc(NC(CO)c2nc(C)cs2)cc1. The molecule has 0 bridgehead atoms. The molecule has 0 fully saturated rings. The van der Waals surface area contributed by atoms with Gasteiger partial charge in [-0.15, -0.1) is 11.3 Å². The Bertz CT molecular complexity index is 496. The van der Waals surface area contributed by atoms with E-state index in [1.165, 1.54) is 0 Å². The first-order valence-electron chi connectivity index (χ1n) is 5.66. The van der Waals surface area contributed by atoms with Crippen LogP contribution in [0, 0.1) is 6.92 Å². The Kier molecular flexibility index (Phi) is 4.17. The molecule has 0 saturated carbocycles. The maximum Gasteiger partial charge on any atom is 0.119 e. The van der Waals surface area contributed by atoms with E-state index < -0.39 is 0 Å². The predicted octanol–water partition coefficient (Wildman–Crippen LogP) is 2.61. The Morgan fingerprint density at radius 3 is 2.61 bits per heavy atom. The van der Waals surface area contributed by atoms with Crippen LogP contribution in [0.25, 0.3) is 0 Å². The van der Waals surface area contributed by atoms with Crippen LogP contribution < -0.4 is 10.1 Å². The summed E-state index contributed by atoms with van der Waals surface area (Å²) >= 11 is 1.55. The number of ether oxygens (including phenoxy) is 1. The van der Waals surface area contributed by atoms with Gasteiger partial charge in [0.25, 0.3) is 0 Å². The average Bonchev–Trinajstić information content (AvgIpc) is 2.83. The van der Waals surface area contributed by atoms with Crippen LogP contribution >= 0.6 is 11.3 Å². The molecule has 5 heteroatoms. The number of benzene rings is 1. The first-order chi connectivity index (χ1) is 8.72. The molecule has 0 saturated heterocycles. The van der Waals surface area contributed by atoms with Crippen molar-refractivity contribution in [3.05, 3.63) is 40.3 Å². The first-order valence-corrected chi connectivity index (χ1v) is 6.54. The molecule has 0 aliphatic rings. The molecule has 1 unspecified atom stereocenters. The van der Waals surface area contributed by atoms with Crippen molar-refractivity contribution in [1.29, 1.82) is 0 Å². The lowest BCUT2D eigenvalue weighted by Crippen LogP contribution is -2.14. The maximum absolute atomic E-state index is 9.43. The summed E-state index contributed by atoms with van der Waals surface area (Å²) in [6, 6.07) is 7.43. The highest BCUT2D eigenvalue weighted by Gasteiger charge is 2.13. The number of anilines is 1. The number of nitrogens with zero attached hydrogens (tertiary/aromatic N) is 1. The molecule has 2 aromatic rings. The summed E-state index contributed by atoms with van der Waals surface area (Å²) in [6.45, 7) is 1.96. The van der Waals surface area contributed by atoms with Crippen LogP contribution in [-0.4, -0.2) is 23.8 Å². The molecule has 1 heterocycles. The highest BCUT2D eigenvalue weighted by atomic mass is 32.1. The highest BCUT2D eigenvalue weighted by molar-refractivity contribution is 7.09. The Balaban J connectivity index is 2.10. The summed E-state index contributed by atoms with van der Waals surface area (Å²) in [5.41, 5.74) is 1.91. The van der Waals surface area contributed by atoms with E-state index in [4.69, 9.17) is 4.74 Å². The Morgan fingerprint density at radius 2 is 2.11 bits per heavy atom. The zero-order valence-electron chi connectivity index (χ0n) is 10.4. The number of hydrogen-bond acceptors (Lipinski definition) is 5. The van der Waals surface area contributed by atoms with Gasteiger partial charge in [-0.3, -0.25) is 0 Å². The third kappa shape index (κ3) is 3.00. The van der Waals surface area contributed by atoms with Crippen molar-refractivity contribution < 1.29 is 9.84 Å². The number of thiazole rings is 1. The minimum Gasteiger partial charge on any atom is -0.497 e. The van der Waals surface area contributed by atoms with E-state index >= 15 is 0 Å². The second kappa shape index (κ2) is 5.84. The molecule has 4 nitrogen and oxygen atoms in total. The van der Waals surface area contributed by atoms with E-state index in [1.54, 1.807) is 18.4 Å². The predicted molar refractivity (Wildman–Crippen MR) is 73.3 cm³/mol. The molecule has 0 amide bonds. The molecule has 1 aromatic heterocycles. The lowest BCUT2D eigenvalue weighted by atomic mass is 10.2. The molecule has 0 aliphatic heterocycles. The van der Waals surface area contributed by atoms with Gasteiger partial charge in [-0.25, -0.2) is 4.98 Å². The summed E-state index contributed by atoms with van der Waals surface area (Å²) in [5.74, 6) is 0.811. The van der Waals surface area contributed by atoms with Crippen LogP contribution in [-0.2, 0) is 0 Å². The second-order valence-electron chi connectivity index (χ2n) is 3.94. The second-order valence-corrected chi connectivity index (χ2v) is 4.82. The number of aromatic nitrogens is 1. The Morgan fingerprint density at radius 1 is 1.39 bits per heavy atom. The summed E-state index contributed by atoms with van der Waals surface area (Å²) in [4.78, 5) is 4.38. The highest BCUT2D eigenvalue weighted by Crippen LogP contribution is 2.23. The molecular weight excluding hydrogens is 248 g/mol. The topological polar surface area (TPSA) is 54.4 Å². The van der Waals surface area contributed by atoms with Gasteiger partial charge in [0.2, 0.25) is 0 Å². The van der Waals surface area contributed by atoms with Crippen LogP contribution in [0.1, 0.15) is 16.7 Å². The Hall–Kier alpha value is -1.59. The van der Waals surface area contributed by atoms with Gasteiger partial charge in [-0.2, -0.15) is 0 Å². The number of nitrogens with one attached hydrogen (secondary N) is 1. The van der Waals surface area contributed by atoms with Gasteiger partial charge in [0.15, 0.2) is 0 Å². The van der Waals surface area contributed by atoms with E-state index in [2.05, 4.69) is 10.3 Å². The molecule has 0 spiro atoms. The zero-order valence-corrected chi connectivity index (χ0v) is 11.2. The molecule has 96 valence electrons. The summed E-state index contributed by atoms with van der Waals surface area (Å²) in [5, 5.41) is 15.6. The number of hydrogen-bond donors (Lipinski definition) is 2. The van der Waals surface area contributed by atoms with Crippen molar-refractivity contribution >= 4 is 17.0 Å². The summed E-state index contributed by atoms with van der Waals surface area (Å²) in [7, 11) is 1.64. The number of methoxy groups -OCH3 is 1. The maximum atomic E-state index is 9.43. The number of rotatable bonds is 5. The molecule has 0 aliphatic carbocycles. The smallest absolute Gasteiger partial charge is 0.119 e. The molecule has 1 aromatic carbocycles. The molecule has 2 N–H and O–H groups in total. The van der Waals surface area contributed by atoms with Gasteiger partial charge in [-0.05, 0) is 31.2 Å². The monoisotopic (exact) mass is 264 g/mol. The van der Waals surface area contributed by atoms with Gasteiger partial charge < -0.3 is 15.2 Å². The van der Waals surface area contributed by atoms with Gasteiger partial charge in [0, 0.05) is 16.8 Å². The van der Waals surface area contributed by atoms with Gasteiger partial charge in [0.1, 0.15) is 16.8 Å². The van der Waals surface area contributed by atoms with E-state index in [0.717, 1.165) is 22.1 Å². The largest absolute Gasteiger partial charge is 0.497 e. The van der Waals surface area contributed by atoms with Crippen LogP contribution in [0.15, 0.2) is 29.6 Å². The van der Waals surface area contributed by atoms with E-state index in [9.17, 15) is 5.11 Å². The summed E-state index contributed by atoms with van der Waals surface area (Å²) < 4.78 is 5.10. The van der Waals surface area contributed by atoms with Gasteiger partial charge in [-0.1, -0.05) is 0 Å². The Labute approximate surface area is 110 Å². The van der Waals surface area contributed by atoms with Crippen LogP contribution in [0.2, 0.25) is 0 Å². The molecule has 0 radical (unpaired) electrons. The molecular formula is C13H16N2O2S. The standard InChI is InChI=1S/C13H16N2O2S/c1-9-8-18-13(14-9)12(7-16)15-10-3-5-11(17-2)6-4-10/h3-6,8,12,15-16H,7H2,1-2H3. The van der Waals surface area contributed by atoms with Crippen LogP contribution in [0.5, 0.6) is 5.75 Å². The van der Waals surface area contributed by atoms with E-state index in [1.807, 2.05) is 36.6 Å². The molecule has 1 atom stereocenters. The van der Waals surface area contributed by atoms with Crippen molar-refractivity contribution in [3.63, 3.8) is 0 Å². The number of aryl methyl sites for hydroxylation is 1. The lowest BCUT2D eigenvalue weighted by Gasteiger charge is -2.15. The zero-order chi connectivity index (χ0) is 13.0. The fourth-order valence-corrected chi connectivity index (χ4v) is 2.44. The lowest BCUT2D eigenvalue weighted by molar-refractivity contribution is 0.276. The van der Waals surface area contributed by atoms with Gasteiger partial charge >= 0.3 is 0 Å². The molecule has 2 rings (SSSR count). The van der Waals surface area contributed by atoms with Crippen molar-refractivity contribution in [1.82, 2.24) is 4.98 Å². The minimum atomic E-state index is -0.169. The van der Waals surface area contributed by atoms with Crippen molar-refractivity contribution in [3.8, 4) is 5.75 Å². The van der Waals surface area contributed by atoms with E-state index in [-0.39, 0.29) is 12.6 Å². The third-order valence-electron chi connectivity index (χ3n) is 2.55. The first kappa shape index (κ1) is 12.9. The fourth-order valence-electron chi connectivity index (χ4n) is 1.61. The van der Waals surface area contributed by atoms with Crippen molar-refractivity contribution in [2.24, 2.45) is 0 Å². The van der Waals surface area contributed by atoms with Gasteiger partial charge in [0.05, 0.1) is 13.7 Å². The summed E-state index contributed by atoms with van der Waals surface area (Å²) in [6.07, 6.45) is 0.